The lowest BCUT2D eigenvalue weighted by Gasteiger charge is -2.14. The summed E-state index contributed by atoms with van der Waals surface area (Å²) in [6.07, 6.45) is -0.372. The van der Waals surface area contributed by atoms with Crippen molar-refractivity contribution in [2.45, 2.75) is 12.8 Å². The summed E-state index contributed by atoms with van der Waals surface area (Å²) < 4.78 is 6.19. The Bertz CT molecular complexity index is 1260. The van der Waals surface area contributed by atoms with Crippen molar-refractivity contribution in [1.29, 1.82) is 0 Å². The van der Waals surface area contributed by atoms with Crippen molar-refractivity contribution in [3.8, 4) is 27.3 Å². The first-order chi connectivity index (χ1) is 15.3. The van der Waals surface area contributed by atoms with Gasteiger partial charge in [0.15, 0.2) is 0 Å². The van der Waals surface area contributed by atoms with E-state index in [1.807, 2.05) is 60.7 Å². The molecule has 0 saturated heterocycles. The zero-order valence-electron chi connectivity index (χ0n) is 16.4. The first kappa shape index (κ1) is 19.6. The molecule has 7 heteroatoms. The molecular weight excluding hydrogens is 428 g/mol. The number of rotatable bonds is 6. The van der Waals surface area contributed by atoms with Crippen molar-refractivity contribution in [2.24, 2.45) is 20.7 Å². The van der Waals surface area contributed by atoms with Crippen LogP contribution in [-0.2, 0) is 6.61 Å². The van der Waals surface area contributed by atoms with Crippen LogP contribution in [0.3, 0.4) is 0 Å². The molecule has 0 fully saturated rings. The fraction of sp³-hybridized carbons (Fsp3) is 0.0833. The second kappa shape index (κ2) is 8.79. The second-order valence-corrected chi connectivity index (χ2v) is 8.34. The number of halogens is 1. The molecule has 0 bridgehead atoms. The van der Waals surface area contributed by atoms with Crippen LogP contribution in [0.15, 0.2) is 105 Å². The Morgan fingerprint density at radius 3 is 2.52 bits per heavy atom. The van der Waals surface area contributed by atoms with Crippen LogP contribution in [0.25, 0.3) is 21.6 Å². The largest absolute Gasteiger partial charge is 0.488 e. The van der Waals surface area contributed by atoms with Crippen molar-refractivity contribution in [3.63, 3.8) is 0 Å². The summed E-state index contributed by atoms with van der Waals surface area (Å²) >= 11 is 7.97. The van der Waals surface area contributed by atoms with Crippen molar-refractivity contribution in [3.05, 3.63) is 100 Å². The Balaban J connectivity index is 1.50. The van der Waals surface area contributed by atoms with Gasteiger partial charge in [0, 0.05) is 26.6 Å². The van der Waals surface area contributed by atoms with Crippen LogP contribution in [0.2, 0.25) is 5.02 Å². The summed E-state index contributed by atoms with van der Waals surface area (Å²) in [5.74, 6) is 0.755. The average molecular weight is 445 g/mol. The minimum Gasteiger partial charge on any atom is -0.488 e. The Morgan fingerprint density at radius 1 is 0.839 bits per heavy atom. The number of hydrogen-bond acceptors (Lipinski definition) is 6. The highest BCUT2D eigenvalue weighted by atomic mass is 35.5. The van der Waals surface area contributed by atoms with Gasteiger partial charge in [-0.1, -0.05) is 60.1 Å². The zero-order valence-corrected chi connectivity index (χ0v) is 17.9. The summed E-state index contributed by atoms with van der Waals surface area (Å²) in [6.45, 7) is 0.473. The molecule has 152 valence electrons. The first-order valence-electron chi connectivity index (χ1n) is 9.72. The van der Waals surface area contributed by atoms with Crippen LogP contribution < -0.4 is 4.74 Å². The molecule has 0 saturated carbocycles. The zero-order chi connectivity index (χ0) is 21.0. The number of ether oxygens (including phenoxy) is 1. The monoisotopic (exact) mass is 444 g/mol. The maximum atomic E-state index is 6.29. The van der Waals surface area contributed by atoms with Gasteiger partial charge in [-0.25, -0.2) is 0 Å². The third-order valence-corrected chi connectivity index (χ3v) is 6.14. The Kier molecular flexibility index (Phi) is 5.56. The van der Waals surface area contributed by atoms with Crippen LogP contribution in [-0.4, -0.2) is 0 Å². The van der Waals surface area contributed by atoms with Gasteiger partial charge in [-0.2, -0.15) is 0 Å². The molecule has 0 aliphatic carbocycles. The van der Waals surface area contributed by atoms with E-state index in [0.29, 0.717) is 11.6 Å². The van der Waals surface area contributed by atoms with Gasteiger partial charge in [-0.3, -0.25) is 0 Å². The molecule has 0 atom stereocenters. The van der Waals surface area contributed by atoms with E-state index in [1.54, 1.807) is 11.3 Å². The molecule has 5 nitrogen and oxygen atoms in total. The first-order valence-corrected chi connectivity index (χ1v) is 11.0. The molecule has 1 aliphatic heterocycles. The Labute approximate surface area is 188 Å². The summed E-state index contributed by atoms with van der Waals surface area (Å²) in [4.78, 5) is 1.14. The molecule has 4 aromatic rings. The molecule has 0 radical (unpaired) electrons. The third-order valence-electron chi connectivity index (χ3n) is 4.95. The lowest BCUT2D eigenvalue weighted by atomic mass is 10.00. The quantitative estimate of drug-likeness (QED) is 0.296. The van der Waals surface area contributed by atoms with E-state index in [2.05, 4.69) is 44.3 Å². The van der Waals surface area contributed by atoms with Gasteiger partial charge in [0.1, 0.15) is 12.4 Å². The van der Waals surface area contributed by atoms with E-state index in [1.165, 1.54) is 0 Å². The molecule has 1 aliphatic rings. The number of nitrogens with zero attached hydrogens (tertiary/aromatic N) is 4. The van der Waals surface area contributed by atoms with Crippen molar-refractivity contribution < 1.29 is 4.74 Å². The minimum absolute atomic E-state index is 0.372. The van der Waals surface area contributed by atoms with Gasteiger partial charge in [0.05, 0.1) is 0 Å². The highest BCUT2D eigenvalue weighted by molar-refractivity contribution is 7.14. The van der Waals surface area contributed by atoms with Crippen LogP contribution in [0, 0.1) is 0 Å². The predicted octanol–water partition coefficient (Wildman–Crippen LogP) is 8.15. The molecule has 0 N–H and O–H groups in total. The number of hydrogen-bond donors (Lipinski definition) is 0. The summed E-state index contributed by atoms with van der Waals surface area (Å²) in [5, 5.41) is 18.1. The topological polar surface area (TPSA) is 58.7 Å². The lowest BCUT2D eigenvalue weighted by molar-refractivity contribution is 0.307. The van der Waals surface area contributed by atoms with Crippen LogP contribution in [0.5, 0.6) is 5.75 Å². The summed E-state index contributed by atoms with van der Waals surface area (Å²) in [6, 6.07) is 26.1. The molecule has 1 aromatic heterocycles. The number of thiophene rings is 1. The molecule has 3 aromatic carbocycles. The van der Waals surface area contributed by atoms with Gasteiger partial charge < -0.3 is 4.74 Å². The molecule has 31 heavy (non-hydrogen) atoms. The predicted molar refractivity (Wildman–Crippen MR) is 123 cm³/mol. The van der Waals surface area contributed by atoms with Gasteiger partial charge in [-0.05, 0) is 57.3 Å². The number of benzene rings is 3. The van der Waals surface area contributed by atoms with Gasteiger partial charge in [-0.15, -0.1) is 21.6 Å². The van der Waals surface area contributed by atoms with Crippen molar-refractivity contribution in [1.82, 2.24) is 0 Å². The molecule has 5 rings (SSSR count). The molecule has 0 spiro atoms. The molecular formula is C24H17ClN4OS. The maximum Gasteiger partial charge on any atom is 0.210 e. The van der Waals surface area contributed by atoms with E-state index < -0.39 is 0 Å². The van der Waals surface area contributed by atoms with E-state index in [4.69, 9.17) is 16.3 Å². The summed E-state index contributed by atoms with van der Waals surface area (Å²) in [5.41, 5.74) is 5.24. The third kappa shape index (κ3) is 4.26. The molecule has 0 amide bonds. The van der Waals surface area contributed by atoms with Gasteiger partial charge in [0.25, 0.3) is 0 Å². The lowest BCUT2D eigenvalue weighted by Crippen LogP contribution is -1.97. The smallest absolute Gasteiger partial charge is 0.210 e. The van der Waals surface area contributed by atoms with E-state index in [9.17, 15) is 0 Å². The van der Waals surface area contributed by atoms with E-state index >= 15 is 0 Å². The Morgan fingerprint density at radius 2 is 1.68 bits per heavy atom. The fourth-order valence-corrected chi connectivity index (χ4v) is 4.53. The normalized spacial score (nSPS) is 13.1. The highest BCUT2D eigenvalue weighted by Crippen LogP contribution is 2.42. The van der Waals surface area contributed by atoms with Crippen molar-refractivity contribution >= 4 is 22.9 Å². The minimum atomic E-state index is -0.372. The average Bonchev–Trinajstić information content (AvgIpc) is 3.51. The van der Waals surface area contributed by atoms with Crippen molar-refractivity contribution in [2.75, 3.05) is 0 Å². The molecule has 0 unspecified atom stereocenters. The van der Waals surface area contributed by atoms with Crippen LogP contribution in [0.1, 0.15) is 17.3 Å². The highest BCUT2D eigenvalue weighted by Gasteiger charge is 2.17. The van der Waals surface area contributed by atoms with Gasteiger partial charge in [0.2, 0.25) is 6.17 Å². The van der Waals surface area contributed by atoms with E-state index in [-0.39, 0.29) is 6.17 Å². The fourth-order valence-electron chi connectivity index (χ4n) is 3.46. The van der Waals surface area contributed by atoms with Crippen LogP contribution >= 0.6 is 22.9 Å². The second-order valence-electron chi connectivity index (χ2n) is 6.99. The molecule has 2 heterocycles. The SMILES string of the molecule is Clc1ccc(-c2ccsc2-c2cccc(C3N=NN=N3)c2)c(OCc2ccccc2)c1. The van der Waals surface area contributed by atoms with E-state index in [0.717, 1.165) is 38.4 Å². The Hall–Kier alpha value is -3.35. The standard InChI is InChI=1S/C24H17ClN4OS/c25-19-9-10-20(22(14-19)30-15-16-5-2-1-3-6-16)21-11-12-31-23(21)17-7-4-8-18(13-17)24-26-28-29-27-24/h1-14,24H,15H2. The summed E-state index contributed by atoms with van der Waals surface area (Å²) in [7, 11) is 0. The van der Waals surface area contributed by atoms with Crippen LogP contribution in [0.4, 0.5) is 0 Å². The maximum absolute atomic E-state index is 6.29. The van der Waals surface area contributed by atoms with Gasteiger partial charge >= 0.3 is 0 Å².